The van der Waals surface area contributed by atoms with Crippen LogP contribution in [0.1, 0.15) is 15.9 Å². The molecular formula is C9H8BrFO2. The Balaban J connectivity index is 3.23. The van der Waals surface area contributed by atoms with Gasteiger partial charge in [-0.2, -0.15) is 0 Å². The molecule has 0 bridgehead atoms. The Morgan fingerprint density at radius 1 is 1.54 bits per heavy atom. The van der Waals surface area contributed by atoms with E-state index in [9.17, 15) is 9.18 Å². The van der Waals surface area contributed by atoms with Crippen molar-refractivity contribution in [3.63, 3.8) is 0 Å². The second kappa shape index (κ2) is 3.87. The maximum atomic E-state index is 12.9. The smallest absolute Gasteiger partial charge is 0.338 e. The van der Waals surface area contributed by atoms with Crippen LogP contribution < -0.4 is 0 Å². The molecule has 1 aromatic rings. The monoisotopic (exact) mass is 246 g/mol. The van der Waals surface area contributed by atoms with E-state index >= 15 is 0 Å². The Morgan fingerprint density at radius 3 is 2.69 bits per heavy atom. The number of aryl methyl sites for hydroxylation is 1. The van der Waals surface area contributed by atoms with Crippen LogP contribution in [0.3, 0.4) is 0 Å². The molecule has 0 spiro atoms. The molecule has 0 aliphatic carbocycles. The first-order valence-electron chi connectivity index (χ1n) is 3.60. The normalized spacial score (nSPS) is 9.85. The molecule has 0 atom stereocenters. The predicted molar refractivity (Wildman–Crippen MR) is 50.2 cm³/mol. The highest BCUT2D eigenvalue weighted by Gasteiger charge is 2.11. The molecule has 0 heterocycles. The summed E-state index contributed by atoms with van der Waals surface area (Å²) < 4.78 is 17.7. The zero-order valence-electron chi connectivity index (χ0n) is 7.23. The minimum atomic E-state index is -0.460. The largest absolute Gasteiger partial charge is 0.465 e. The van der Waals surface area contributed by atoms with Crippen molar-refractivity contribution in [1.29, 1.82) is 0 Å². The molecule has 0 unspecified atom stereocenters. The Hall–Kier alpha value is -0.900. The highest BCUT2D eigenvalue weighted by atomic mass is 79.9. The molecule has 0 saturated carbocycles. The van der Waals surface area contributed by atoms with E-state index in [1.165, 1.54) is 19.2 Å². The third kappa shape index (κ3) is 2.06. The van der Waals surface area contributed by atoms with Crippen LogP contribution in [0.4, 0.5) is 4.39 Å². The second-order valence-electron chi connectivity index (χ2n) is 2.57. The zero-order valence-corrected chi connectivity index (χ0v) is 8.81. The molecule has 4 heteroatoms. The van der Waals surface area contributed by atoms with Crippen molar-refractivity contribution >= 4 is 21.9 Å². The van der Waals surface area contributed by atoms with Crippen molar-refractivity contribution in [1.82, 2.24) is 0 Å². The molecule has 0 fully saturated rings. The van der Waals surface area contributed by atoms with Crippen LogP contribution in [0, 0.1) is 12.7 Å². The number of rotatable bonds is 1. The zero-order chi connectivity index (χ0) is 10.0. The van der Waals surface area contributed by atoms with E-state index in [0.717, 1.165) is 0 Å². The van der Waals surface area contributed by atoms with Crippen LogP contribution in [0.2, 0.25) is 0 Å². The predicted octanol–water partition coefficient (Wildman–Crippen LogP) is 2.68. The van der Waals surface area contributed by atoms with Gasteiger partial charge in [0, 0.05) is 0 Å². The summed E-state index contributed by atoms with van der Waals surface area (Å²) in [5.74, 6) is -0.844. The van der Waals surface area contributed by atoms with Gasteiger partial charge in [0.2, 0.25) is 0 Å². The van der Waals surface area contributed by atoms with Crippen molar-refractivity contribution in [2.45, 2.75) is 6.92 Å². The van der Waals surface area contributed by atoms with Crippen LogP contribution in [0.5, 0.6) is 0 Å². The number of hydrogen-bond donors (Lipinski definition) is 0. The Labute approximate surface area is 83.8 Å². The van der Waals surface area contributed by atoms with E-state index in [1.54, 1.807) is 6.92 Å². The Kier molecular flexibility index (Phi) is 3.03. The first-order valence-corrected chi connectivity index (χ1v) is 4.39. The number of hydrogen-bond acceptors (Lipinski definition) is 2. The Morgan fingerprint density at radius 2 is 2.15 bits per heavy atom. The van der Waals surface area contributed by atoms with Crippen molar-refractivity contribution in [3.8, 4) is 0 Å². The third-order valence-corrected chi connectivity index (χ3v) is 2.28. The van der Waals surface area contributed by atoms with Gasteiger partial charge in [0.05, 0.1) is 17.1 Å². The molecule has 13 heavy (non-hydrogen) atoms. The fourth-order valence-electron chi connectivity index (χ4n) is 0.976. The van der Waals surface area contributed by atoms with Gasteiger partial charge < -0.3 is 4.74 Å². The van der Waals surface area contributed by atoms with Crippen molar-refractivity contribution in [2.75, 3.05) is 7.11 Å². The maximum Gasteiger partial charge on any atom is 0.338 e. The summed E-state index contributed by atoms with van der Waals surface area (Å²) in [6.45, 7) is 1.65. The van der Waals surface area contributed by atoms with Gasteiger partial charge >= 0.3 is 5.97 Å². The average Bonchev–Trinajstić information content (AvgIpc) is 2.10. The maximum absolute atomic E-state index is 12.9. The molecular weight excluding hydrogens is 239 g/mol. The quantitative estimate of drug-likeness (QED) is 0.713. The van der Waals surface area contributed by atoms with E-state index in [0.29, 0.717) is 11.1 Å². The van der Waals surface area contributed by atoms with Gasteiger partial charge in [-0.05, 0) is 40.5 Å². The van der Waals surface area contributed by atoms with Gasteiger partial charge in [0.25, 0.3) is 0 Å². The summed E-state index contributed by atoms with van der Waals surface area (Å²) in [4.78, 5) is 11.1. The van der Waals surface area contributed by atoms with Gasteiger partial charge in [-0.25, -0.2) is 9.18 Å². The van der Waals surface area contributed by atoms with E-state index in [-0.39, 0.29) is 10.3 Å². The average molecular weight is 247 g/mol. The number of halogens is 2. The lowest BCUT2D eigenvalue weighted by Crippen LogP contribution is -2.04. The van der Waals surface area contributed by atoms with Crippen LogP contribution in [0.15, 0.2) is 16.6 Å². The van der Waals surface area contributed by atoms with Gasteiger partial charge in [-0.1, -0.05) is 0 Å². The van der Waals surface area contributed by atoms with Gasteiger partial charge in [-0.3, -0.25) is 0 Å². The molecule has 0 aliphatic heterocycles. The van der Waals surface area contributed by atoms with Crippen molar-refractivity contribution < 1.29 is 13.9 Å². The number of esters is 1. The minimum absolute atomic E-state index is 0.262. The lowest BCUT2D eigenvalue weighted by Gasteiger charge is -2.04. The van der Waals surface area contributed by atoms with E-state index in [4.69, 9.17) is 0 Å². The molecule has 0 aromatic heterocycles. The topological polar surface area (TPSA) is 26.3 Å². The number of methoxy groups -OCH3 is 1. The molecule has 0 N–H and O–H groups in total. The highest BCUT2D eigenvalue weighted by molar-refractivity contribution is 9.10. The van der Waals surface area contributed by atoms with Gasteiger partial charge in [-0.15, -0.1) is 0 Å². The molecule has 70 valence electrons. The Bertz CT molecular complexity index is 350. The molecule has 1 aromatic carbocycles. The second-order valence-corrected chi connectivity index (χ2v) is 3.43. The summed E-state index contributed by atoms with van der Waals surface area (Å²) in [5, 5.41) is 0. The third-order valence-electron chi connectivity index (χ3n) is 1.67. The lowest BCUT2D eigenvalue weighted by atomic mass is 10.1. The fourth-order valence-corrected chi connectivity index (χ4v) is 1.32. The van der Waals surface area contributed by atoms with Gasteiger partial charge in [0.1, 0.15) is 5.82 Å². The minimum Gasteiger partial charge on any atom is -0.465 e. The molecule has 0 amide bonds. The SMILES string of the molecule is COC(=O)c1cc(Br)c(F)cc1C. The lowest BCUT2D eigenvalue weighted by molar-refractivity contribution is 0.0600. The number of benzene rings is 1. The van der Waals surface area contributed by atoms with Crippen molar-refractivity contribution in [3.05, 3.63) is 33.5 Å². The number of ether oxygens (including phenoxy) is 1. The van der Waals surface area contributed by atoms with Gasteiger partial charge in [0.15, 0.2) is 0 Å². The molecule has 0 radical (unpaired) electrons. The standard InChI is InChI=1S/C9H8BrFO2/c1-5-3-8(11)7(10)4-6(5)9(12)13-2/h3-4H,1-2H3. The summed E-state index contributed by atoms with van der Waals surface area (Å²) in [7, 11) is 1.29. The highest BCUT2D eigenvalue weighted by Crippen LogP contribution is 2.20. The van der Waals surface area contributed by atoms with Crippen LogP contribution in [-0.4, -0.2) is 13.1 Å². The summed E-state index contributed by atoms with van der Waals surface area (Å²) in [6.07, 6.45) is 0. The first-order chi connectivity index (χ1) is 6.06. The molecule has 1 rings (SSSR count). The first kappa shape index (κ1) is 10.2. The van der Waals surface area contributed by atoms with E-state index < -0.39 is 5.97 Å². The molecule has 0 saturated heterocycles. The van der Waals surface area contributed by atoms with E-state index in [2.05, 4.69) is 20.7 Å². The molecule has 0 aliphatic rings. The summed E-state index contributed by atoms with van der Waals surface area (Å²) in [5.41, 5.74) is 0.934. The van der Waals surface area contributed by atoms with Crippen LogP contribution in [-0.2, 0) is 4.74 Å². The van der Waals surface area contributed by atoms with Crippen LogP contribution >= 0.6 is 15.9 Å². The number of carbonyl (C=O) groups is 1. The van der Waals surface area contributed by atoms with E-state index in [1.807, 2.05) is 0 Å². The summed E-state index contributed by atoms with van der Waals surface area (Å²) >= 11 is 2.99. The fraction of sp³-hybridized carbons (Fsp3) is 0.222. The molecule has 2 nitrogen and oxygen atoms in total. The van der Waals surface area contributed by atoms with Crippen LogP contribution in [0.25, 0.3) is 0 Å². The van der Waals surface area contributed by atoms with Crippen molar-refractivity contribution in [2.24, 2.45) is 0 Å². The summed E-state index contributed by atoms with van der Waals surface area (Å²) in [6, 6.07) is 2.70. The number of carbonyl (C=O) groups excluding carboxylic acids is 1.